The predicted octanol–water partition coefficient (Wildman–Crippen LogP) is 1.17. The van der Waals surface area contributed by atoms with Gasteiger partial charge in [-0.25, -0.2) is 4.68 Å². The number of rotatable bonds is 21. The van der Waals surface area contributed by atoms with Gasteiger partial charge in [-0.1, -0.05) is 29.5 Å². The molecule has 288 valence electrons. The highest BCUT2D eigenvalue weighted by Crippen LogP contribution is 2.30. The first-order valence-corrected chi connectivity index (χ1v) is 16.6. The van der Waals surface area contributed by atoms with Gasteiger partial charge >= 0.3 is 0 Å². The molecule has 0 unspecified atom stereocenters. The minimum Gasteiger partial charge on any atom is -0.508 e. The van der Waals surface area contributed by atoms with E-state index in [2.05, 4.69) is 10.3 Å². The topological polar surface area (TPSA) is 234 Å². The molecule has 2 heterocycles. The maximum atomic E-state index is 12.3. The second kappa shape index (κ2) is 21.0. The molecule has 0 saturated carbocycles. The summed E-state index contributed by atoms with van der Waals surface area (Å²) in [6, 6.07) is 9.84. The van der Waals surface area contributed by atoms with Gasteiger partial charge in [0.1, 0.15) is 42.5 Å². The number of aromatic nitrogens is 3. The Morgan fingerprint density at radius 3 is 2.28 bits per heavy atom. The van der Waals surface area contributed by atoms with Gasteiger partial charge in [0.25, 0.3) is 0 Å². The normalized spacial score (nSPS) is 20.6. The third kappa shape index (κ3) is 12.7. The molecule has 1 aromatic heterocycles. The minimum absolute atomic E-state index is 0.0121. The number of carbonyl (C=O) groups excluding carboxylic acids is 1. The number of aromatic hydroxyl groups is 1. The third-order valence-corrected chi connectivity index (χ3v) is 7.72. The molecule has 0 amide bonds. The van der Waals surface area contributed by atoms with Crippen molar-refractivity contribution in [2.24, 2.45) is 0 Å². The Morgan fingerprint density at radius 2 is 1.55 bits per heavy atom. The van der Waals surface area contributed by atoms with Crippen molar-refractivity contribution in [3.8, 4) is 23.0 Å². The molecule has 6 N–H and O–H groups in total. The Labute approximate surface area is 305 Å². The monoisotopic (exact) mass is 743 g/mol. The molecule has 0 aliphatic carbocycles. The second-order valence-corrected chi connectivity index (χ2v) is 11.5. The van der Waals surface area contributed by atoms with E-state index in [1.54, 1.807) is 47.3 Å². The quantitative estimate of drug-likeness (QED) is 0.0389. The molecular weight excluding hydrogens is 698 g/mol. The first-order chi connectivity index (χ1) is 25.6. The van der Waals surface area contributed by atoms with Crippen molar-refractivity contribution in [3.63, 3.8) is 0 Å². The summed E-state index contributed by atoms with van der Waals surface area (Å²) in [7, 11) is 2.93. The van der Waals surface area contributed by atoms with Crippen LogP contribution in [0.3, 0.4) is 0 Å². The minimum atomic E-state index is -1.50. The standard InChI is InChI=1S/C36H45N3O14/c1-47-30-17-23(5-9-28(30)43)3-7-26(41)19-27(42)8-4-24-6-10-29(31(18-24)48-2)52-22-25-20-39(38-37-25)11-12-49-13-14-50-15-16-51-36-35(46)34(45)33(44)32(21-40)53-36/h3-10,17-20,32-36,40,42-46H,11-16,21-22H2,1-2H3/b7-3+,8-4+,27-19-/t32-,33-,34+,35-,36-/m1/s1. The molecule has 1 saturated heterocycles. The molecule has 4 rings (SSSR count). The molecular formula is C36H45N3O14. The van der Waals surface area contributed by atoms with E-state index < -0.39 is 43.1 Å². The number of hydrogen-bond acceptors (Lipinski definition) is 16. The van der Waals surface area contributed by atoms with Crippen LogP contribution < -0.4 is 14.2 Å². The third-order valence-electron chi connectivity index (χ3n) is 7.72. The van der Waals surface area contributed by atoms with E-state index in [0.717, 1.165) is 6.08 Å². The molecule has 5 atom stereocenters. The lowest BCUT2D eigenvalue weighted by molar-refractivity contribution is -0.302. The summed E-state index contributed by atoms with van der Waals surface area (Å²) in [4.78, 5) is 12.3. The molecule has 0 radical (unpaired) electrons. The zero-order chi connectivity index (χ0) is 38.2. The molecule has 1 aliphatic rings. The number of hydrogen-bond donors (Lipinski definition) is 6. The number of ketones is 1. The molecule has 1 aliphatic heterocycles. The van der Waals surface area contributed by atoms with E-state index in [-0.39, 0.29) is 43.7 Å². The van der Waals surface area contributed by atoms with Crippen LogP contribution in [0.15, 0.2) is 66.6 Å². The van der Waals surface area contributed by atoms with Crippen LogP contribution in [0.4, 0.5) is 0 Å². The summed E-state index contributed by atoms with van der Waals surface area (Å²) in [5, 5.41) is 66.9. The van der Waals surface area contributed by atoms with Crippen LogP contribution in [-0.2, 0) is 36.9 Å². The highest BCUT2D eigenvalue weighted by Gasteiger charge is 2.43. The van der Waals surface area contributed by atoms with Gasteiger partial charge in [0.15, 0.2) is 35.1 Å². The number of phenols is 1. The molecule has 1 fully saturated rings. The van der Waals surface area contributed by atoms with Crippen molar-refractivity contribution in [2.75, 3.05) is 53.9 Å². The highest BCUT2D eigenvalue weighted by atomic mass is 16.7. The van der Waals surface area contributed by atoms with E-state index in [4.69, 9.17) is 33.2 Å². The molecule has 2 aromatic carbocycles. The van der Waals surface area contributed by atoms with Gasteiger partial charge in [-0.05, 0) is 47.5 Å². The maximum absolute atomic E-state index is 12.3. The van der Waals surface area contributed by atoms with Crippen LogP contribution in [0.25, 0.3) is 12.2 Å². The Kier molecular flexibility index (Phi) is 16.2. The second-order valence-electron chi connectivity index (χ2n) is 11.5. The van der Waals surface area contributed by atoms with Gasteiger partial charge < -0.3 is 63.8 Å². The number of methoxy groups -OCH3 is 2. The van der Waals surface area contributed by atoms with Crippen LogP contribution in [0.1, 0.15) is 16.8 Å². The van der Waals surface area contributed by atoms with Crippen LogP contribution in [0, 0.1) is 0 Å². The summed E-state index contributed by atoms with van der Waals surface area (Å²) < 4.78 is 39.7. The average molecular weight is 744 g/mol. The van der Waals surface area contributed by atoms with Gasteiger partial charge in [-0.15, -0.1) is 5.10 Å². The van der Waals surface area contributed by atoms with E-state index in [9.17, 15) is 35.4 Å². The van der Waals surface area contributed by atoms with Gasteiger partial charge in [0.05, 0.1) is 66.6 Å². The number of aliphatic hydroxyl groups excluding tert-OH is 5. The lowest BCUT2D eigenvalue weighted by Gasteiger charge is -2.39. The lowest BCUT2D eigenvalue weighted by Crippen LogP contribution is -2.59. The summed E-state index contributed by atoms with van der Waals surface area (Å²) in [5.74, 6) is 0.494. The first-order valence-electron chi connectivity index (χ1n) is 16.6. The number of carbonyl (C=O) groups is 1. The van der Waals surface area contributed by atoms with Gasteiger partial charge in [0.2, 0.25) is 0 Å². The fraction of sp³-hybridized carbons (Fsp3) is 0.417. The fourth-order valence-electron chi connectivity index (χ4n) is 4.88. The van der Waals surface area contributed by atoms with Crippen molar-refractivity contribution < 1.29 is 68.6 Å². The largest absolute Gasteiger partial charge is 0.508 e. The highest BCUT2D eigenvalue weighted by molar-refractivity contribution is 6.02. The molecule has 17 heteroatoms. The first kappa shape index (κ1) is 40.9. The summed E-state index contributed by atoms with van der Waals surface area (Å²) in [5.41, 5.74) is 1.91. The van der Waals surface area contributed by atoms with Crippen LogP contribution in [-0.4, -0.2) is 136 Å². The fourth-order valence-corrected chi connectivity index (χ4v) is 4.88. The Bertz CT molecular complexity index is 1690. The van der Waals surface area contributed by atoms with Crippen LogP contribution >= 0.6 is 0 Å². The number of ether oxygens (including phenoxy) is 7. The Hall–Kier alpha value is -4.85. The molecule has 0 bridgehead atoms. The van der Waals surface area contributed by atoms with Crippen molar-refractivity contribution in [1.82, 2.24) is 15.0 Å². The summed E-state index contributed by atoms with van der Waals surface area (Å²) in [6.07, 6.45) is 1.97. The maximum Gasteiger partial charge on any atom is 0.186 e. The van der Waals surface area contributed by atoms with Crippen molar-refractivity contribution in [2.45, 2.75) is 43.9 Å². The van der Waals surface area contributed by atoms with Gasteiger partial charge in [0, 0.05) is 6.08 Å². The zero-order valence-electron chi connectivity index (χ0n) is 29.3. The van der Waals surface area contributed by atoms with Crippen molar-refractivity contribution in [1.29, 1.82) is 0 Å². The average Bonchev–Trinajstić information content (AvgIpc) is 3.62. The number of allylic oxidation sites excluding steroid dienone is 3. The summed E-state index contributed by atoms with van der Waals surface area (Å²) in [6.45, 7) is 1.17. The number of aliphatic hydroxyl groups is 5. The Balaban J connectivity index is 1.12. The zero-order valence-corrected chi connectivity index (χ0v) is 29.3. The molecule has 0 spiro atoms. The smallest absolute Gasteiger partial charge is 0.186 e. The Morgan fingerprint density at radius 1 is 0.868 bits per heavy atom. The number of nitrogens with zero attached hydrogens (tertiary/aromatic N) is 3. The van der Waals surface area contributed by atoms with Gasteiger partial charge in [-0.3, -0.25) is 4.79 Å². The lowest BCUT2D eigenvalue weighted by atomic mass is 9.99. The number of benzene rings is 2. The van der Waals surface area contributed by atoms with Crippen LogP contribution in [0.5, 0.6) is 23.0 Å². The van der Waals surface area contributed by atoms with Crippen molar-refractivity contribution >= 4 is 17.9 Å². The van der Waals surface area contributed by atoms with E-state index >= 15 is 0 Å². The predicted molar refractivity (Wildman–Crippen MR) is 187 cm³/mol. The molecule has 17 nitrogen and oxygen atoms in total. The molecule has 53 heavy (non-hydrogen) atoms. The van der Waals surface area contributed by atoms with E-state index in [1.165, 1.54) is 38.5 Å². The van der Waals surface area contributed by atoms with E-state index in [1.807, 2.05) is 0 Å². The van der Waals surface area contributed by atoms with Crippen molar-refractivity contribution in [3.05, 3.63) is 83.4 Å². The number of phenolic OH excluding ortho intramolecular Hbond substituents is 1. The van der Waals surface area contributed by atoms with Crippen LogP contribution in [0.2, 0.25) is 0 Å². The van der Waals surface area contributed by atoms with Gasteiger partial charge in [-0.2, -0.15) is 0 Å². The summed E-state index contributed by atoms with van der Waals surface area (Å²) >= 11 is 0. The molecule has 3 aromatic rings. The SMILES string of the molecule is COc1cc(/C=C/C(=O)/C=C(O)/C=C/c2ccc(OCc3cn(CCOCCOCCO[C@@H]4O[C@H](CO)[C@@H](O)[C@H](O)[C@H]4O)nn3)c(OC)c2)ccc1O. The van der Waals surface area contributed by atoms with E-state index in [0.29, 0.717) is 48.1 Å².